The van der Waals surface area contributed by atoms with Gasteiger partial charge in [0.1, 0.15) is 5.75 Å². The summed E-state index contributed by atoms with van der Waals surface area (Å²) in [4.78, 5) is 11.6. The number of nitrogens with one attached hydrogen (secondary N) is 1. The first kappa shape index (κ1) is 14.9. The van der Waals surface area contributed by atoms with Gasteiger partial charge >= 0.3 is 5.97 Å². The van der Waals surface area contributed by atoms with Gasteiger partial charge in [-0.1, -0.05) is 19.3 Å². The van der Waals surface area contributed by atoms with Crippen LogP contribution in [0.25, 0.3) is 0 Å². The lowest BCUT2D eigenvalue weighted by Gasteiger charge is -2.23. The van der Waals surface area contributed by atoms with Crippen molar-refractivity contribution in [2.45, 2.75) is 44.7 Å². The molecule has 110 valence electrons. The number of carbonyl (C=O) groups is 1. The van der Waals surface area contributed by atoms with Crippen molar-refractivity contribution in [1.29, 1.82) is 0 Å². The van der Waals surface area contributed by atoms with Gasteiger partial charge in [0.2, 0.25) is 0 Å². The molecular formula is C16H23NO3. The van der Waals surface area contributed by atoms with Crippen molar-refractivity contribution in [1.82, 2.24) is 5.32 Å². The summed E-state index contributed by atoms with van der Waals surface area (Å²) in [6.45, 7) is 0.721. The molecule has 0 unspecified atom stereocenters. The van der Waals surface area contributed by atoms with Crippen LogP contribution in [0.5, 0.6) is 5.75 Å². The molecule has 2 rings (SSSR count). The van der Waals surface area contributed by atoms with Crippen molar-refractivity contribution in [3.05, 3.63) is 29.3 Å². The predicted molar refractivity (Wildman–Crippen MR) is 78.0 cm³/mol. The Hall–Kier alpha value is -1.55. The van der Waals surface area contributed by atoms with Gasteiger partial charge in [0.05, 0.1) is 19.8 Å². The van der Waals surface area contributed by atoms with Gasteiger partial charge in [-0.05, 0) is 31.0 Å². The number of benzene rings is 1. The molecule has 20 heavy (non-hydrogen) atoms. The van der Waals surface area contributed by atoms with Gasteiger partial charge in [0, 0.05) is 18.2 Å². The van der Waals surface area contributed by atoms with E-state index in [1.807, 2.05) is 12.1 Å². The van der Waals surface area contributed by atoms with Gasteiger partial charge in [0.25, 0.3) is 0 Å². The summed E-state index contributed by atoms with van der Waals surface area (Å²) in [7, 11) is 3.05. The minimum absolute atomic E-state index is 0.313. The molecule has 0 spiro atoms. The first-order valence-electron chi connectivity index (χ1n) is 7.23. The maximum absolute atomic E-state index is 11.6. The largest absolute Gasteiger partial charge is 0.496 e. The predicted octanol–water partition coefficient (Wildman–Crippen LogP) is 2.90. The van der Waals surface area contributed by atoms with E-state index in [2.05, 4.69) is 5.32 Å². The van der Waals surface area contributed by atoms with E-state index in [-0.39, 0.29) is 5.97 Å². The standard InChI is InChI=1S/C16H23NO3/c1-19-15-9-8-12(16(18)20-2)10-13(15)11-17-14-6-4-3-5-7-14/h8-10,14,17H,3-7,11H2,1-2H3. The Morgan fingerprint density at radius 2 is 2.00 bits per heavy atom. The number of esters is 1. The number of rotatable bonds is 5. The molecule has 1 aromatic rings. The first-order valence-corrected chi connectivity index (χ1v) is 7.23. The normalized spacial score (nSPS) is 15.9. The highest BCUT2D eigenvalue weighted by molar-refractivity contribution is 5.89. The van der Waals surface area contributed by atoms with E-state index in [9.17, 15) is 4.79 Å². The van der Waals surface area contributed by atoms with E-state index < -0.39 is 0 Å². The van der Waals surface area contributed by atoms with Crippen LogP contribution < -0.4 is 10.1 Å². The van der Waals surface area contributed by atoms with Gasteiger partial charge in [-0.25, -0.2) is 4.79 Å². The van der Waals surface area contributed by atoms with Crippen molar-refractivity contribution in [3.8, 4) is 5.75 Å². The maximum Gasteiger partial charge on any atom is 0.337 e. The molecule has 4 nitrogen and oxygen atoms in total. The van der Waals surface area contributed by atoms with Crippen LogP contribution in [0.15, 0.2) is 18.2 Å². The molecule has 0 aromatic heterocycles. The van der Waals surface area contributed by atoms with Gasteiger partial charge < -0.3 is 14.8 Å². The minimum atomic E-state index is -0.313. The lowest BCUT2D eigenvalue weighted by Crippen LogP contribution is -2.30. The van der Waals surface area contributed by atoms with Crippen LogP contribution in [0.2, 0.25) is 0 Å². The second-order valence-corrected chi connectivity index (χ2v) is 5.23. The summed E-state index contributed by atoms with van der Waals surface area (Å²) in [5, 5.41) is 3.56. The molecule has 0 aliphatic heterocycles. The van der Waals surface area contributed by atoms with Crippen molar-refractivity contribution in [2.24, 2.45) is 0 Å². The van der Waals surface area contributed by atoms with Gasteiger partial charge in [-0.15, -0.1) is 0 Å². The van der Waals surface area contributed by atoms with Gasteiger partial charge in [-0.3, -0.25) is 0 Å². The molecule has 0 saturated heterocycles. The van der Waals surface area contributed by atoms with E-state index in [0.29, 0.717) is 11.6 Å². The molecule has 1 fully saturated rings. The number of carbonyl (C=O) groups excluding carboxylic acids is 1. The molecule has 0 amide bonds. The number of methoxy groups -OCH3 is 2. The molecule has 0 bridgehead atoms. The van der Waals surface area contributed by atoms with E-state index in [4.69, 9.17) is 9.47 Å². The van der Waals surface area contributed by atoms with E-state index >= 15 is 0 Å². The zero-order chi connectivity index (χ0) is 14.4. The lowest BCUT2D eigenvalue weighted by atomic mass is 9.95. The molecule has 0 heterocycles. The molecular weight excluding hydrogens is 254 g/mol. The fourth-order valence-corrected chi connectivity index (χ4v) is 2.72. The third-order valence-electron chi connectivity index (χ3n) is 3.89. The van der Waals surface area contributed by atoms with E-state index in [1.165, 1.54) is 39.2 Å². The molecule has 1 aromatic carbocycles. The molecule has 1 saturated carbocycles. The van der Waals surface area contributed by atoms with Gasteiger partial charge in [0.15, 0.2) is 0 Å². The molecule has 0 radical (unpaired) electrons. The monoisotopic (exact) mass is 277 g/mol. The van der Waals surface area contributed by atoms with Crippen molar-refractivity contribution in [2.75, 3.05) is 14.2 Å². The topological polar surface area (TPSA) is 47.6 Å². The number of hydrogen-bond acceptors (Lipinski definition) is 4. The average Bonchev–Trinajstić information content (AvgIpc) is 2.52. The maximum atomic E-state index is 11.6. The molecule has 1 aliphatic carbocycles. The van der Waals surface area contributed by atoms with Gasteiger partial charge in [-0.2, -0.15) is 0 Å². The number of ether oxygens (including phenoxy) is 2. The summed E-state index contributed by atoms with van der Waals surface area (Å²) in [5.41, 5.74) is 1.56. The SMILES string of the molecule is COC(=O)c1ccc(OC)c(CNC2CCCCC2)c1. The van der Waals surface area contributed by atoms with E-state index in [0.717, 1.165) is 17.9 Å². The quantitative estimate of drug-likeness (QED) is 0.841. The minimum Gasteiger partial charge on any atom is -0.496 e. The second-order valence-electron chi connectivity index (χ2n) is 5.23. The second kappa shape index (κ2) is 7.29. The van der Waals surface area contributed by atoms with Crippen LogP contribution in [0.4, 0.5) is 0 Å². The Balaban J connectivity index is 2.05. The Morgan fingerprint density at radius 1 is 1.25 bits per heavy atom. The third-order valence-corrected chi connectivity index (χ3v) is 3.89. The zero-order valence-electron chi connectivity index (χ0n) is 12.3. The summed E-state index contributed by atoms with van der Waals surface area (Å²) < 4.78 is 10.1. The highest BCUT2D eigenvalue weighted by atomic mass is 16.5. The Labute approximate surface area is 120 Å². The number of hydrogen-bond donors (Lipinski definition) is 1. The average molecular weight is 277 g/mol. The molecule has 1 aliphatic rings. The van der Waals surface area contributed by atoms with E-state index in [1.54, 1.807) is 13.2 Å². The van der Waals surface area contributed by atoms with Crippen LogP contribution in [-0.2, 0) is 11.3 Å². The van der Waals surface area contributed by atoms with Crippen LogP contribution in [-0.4, -0.2) is 26.2 Å². The summed E-state index contributed by atoms with van der Waals surface area (Å²) in [6, 6.07) is 5.98. The zero-order valence-corrected chi connectivity index (χ0v) is 12.3. The Bertz CT molecular complexity index is 453. The van der Waals surface area contributed by atoms with Crippen LogP contribution in [0.1, 0.15) is 48.0 Å². The van der Waals surface area contributed by atoms with Crippen molar-refractivity contribution in [3.63, 3.8) is 0 Å². The first-order chi connectivity index (χ1) is 9.74. The fraction of sp³-hybridized carbons (Fsp3) is 0.562. The molecule has 0 atom stereocenters. The molecule has 1 N–H and O–H groups in total. The Kier molecular flexibility index (Phi) is 5.41. The fourth-order valence-electron chi connectivity index (χ4n) is 2.72. The summed E-state index contributed by atoms with van der Waals surface area (Å²) >= 11 is 0. The molecule has 4 heteroatoms. The summed E-state index contributed by atoms with van der Waals surface area (Å²) in [5.74, 6) is 0.493. The van der Waals surface area contributed by atoms with Crippen molar-refractivity contribution >= 4 is 5.97 Å². The summed E-state index contributed by atoms with van der Waals surface area (Å²) in [6.07, 6.45) is 6.42. The third kappa shape index (κ3) is 3.73. The highest BCUT2D eigenvalue weighted by Crippen LogP contribution is 2.22. The van der Waals surface area contributed by atoms with Crippen LogP contribution >= 0.6 is 0 Å². The van der Waals surface area contributed by atoms with Crippen molar-refractivity contribution < 1.29 is 14.3 Å². The van der Waals surface area contributed by atoms with Crippen LogP contribution in [0.3, 0.4) is 0 Å². The highest BCUT2D eigenvalue weighted by Gasteiger charge is 2.15. The smallest absolute Gasteiger partial charge is 0.337 e. The Morgan fingerprint density at radius 3 is 2.65 bits per heavy atom. The lowest BCUT2D eigenvalue weighted by molar-refractivity contribution is 0.0600. The van der Waals surface area contributed by atoms with Crippen LogP contribution in [0, 0.1) is 0 Å².